The van der Waals surface area contributed by atoms with E-state index in [1.165, 1.54) is 0 Å². The van der Waals surface area contributed by atoms with Crippen molar-refractivity contribution in [3.63, 3.8) is 0 Å². The van der Waals surface area contributed by atoms with E-state index in [-0.39, 0.29) is 5.91 Å². The van der Waals surface area contributed by atoms with Crippen LogP contribution in [0.15, 0.2) is 48.7 Å². The Morgan fingerprint density at radius 1 is 1.14 bits per heavy atom. The van der Waals surface area contributed by atoms with Gasteiger partial charge in [0, 0.05) is 40.8 Å². The molecule has 0 aliphatic carbocycles. The standard InChI is InChI=1S/C22H20N6O/c1-14-12-24-22(26-18-7-8-19-16(11-18)6-9-20(29)27-19)28-21(14)25-17-5-3-4-15(10-17)13-23-2/h3-5,7-8,10-12H,6,9,13H2,1H3,(H,27,29)(H2,24,25,26,28). The summed E-state index contributed by atoms with van der Waals surface area (Å²) in [5.41, 5.74) is 5.57. The number of aryl methyl sites for hydroxylation is 2. The van der Waals surface area contributed by atoms with Crippen molar-refractivity contribution in [3.05, 3.63) is 76.8 Å². The minimum atomic E-state index is 0.0521. The maximum absolute atomic E-state index is 11.5. The topological polar surface area (TPSA) is 83.3 Å². The minimum Gasteiger partial charge on any atom is -0.340 e. The first kappa shape index (κ1) is 18.4. The molecule has 0 spiro atoms. The molecule has 1 amide bonds. The van der Waals surface area contributed by atoms with Crippen molar-refractivity contribution in [2.24, 2.45) is 0 Å². The summed E-state index contributed by atoms with van der Waals surface area (Å²) in [6.45, 7) is 9.32. The first-order chi connectivity index (χ1) is 14.1. The molecule has 7 nitrogen and oxygen atoms in total. The van der Waals surface area contributed by atoms with Crippen LogP contribution in [-0.2, 0) is 17.8 Å². The van der Waals surface area contributed by atoms with E-state index < -0.39 is 0 Å². The van der Waals surface area contributed by atoms with Crippen LogP contribution in [0.1, 0.15) is 23.1 Å². The molecule has 2 aromatic carbocycles. The van der Waals surface area contributed by atoms with Crippen LogP contribution >= 0.6 is 0 Å². The van der Waals surface area contributed by atoms with Crippen LogP contribution in [0.4, 0.5) is 28.8 Å². The summed E-state index contributed by atoms with van der Waals surface area (Å²) in [7, 11) is 0. The highest BCUT2D eigenvalue weighted by molar-refractivity contribution is 5.94. The Morgan fingerprint density at radius 2 is 2.00 bits per heavy atom. The highest BCUT2D eigenvalue weighted by atomic mass is 16.1. The molecule has 0 saturated heterocycles. The molecule has 0 fully saturated rings. The lowest BCUT2D eigenvalue weighted by Gasteiger charge is -2.18. The third-order valence-electron chi connectivity index (χ3n) is 4.68. The van der Waals surface area contributed by atoms with E-state index in [1.54, 1.807) is 6.20 Å². The van der Waals surface area contributed by atoms with Crippen LogP contribution in [0, 0.1) is 13.5 Å². The SMILES string of the molecule is [C-]#[N+]Cc1cccc(Nc2nc(Nc3ccc4c(c3)CCC(=O)N4)ncc2C)c1. The molecule has 1 aromatic heterocycles. The van der Waals surface area contributed by atoms with E-state index in [9.17, 15) is 4.79 Å². The van der Waals surface area contributed by atoms with E-state index in [1.807, 2.05) is 49.4 Å². The number of benzene rings is 2. The second-order valence-corrected chi connectivity index (χ2v) is 6.91. The summed E-state index contributed by atoms with van der Waals surface area (Å²) in [6, 6.07) is 13.6. The van der Waals surface area contributed by atoms with Gasteiger partial charge in [-0.15, -0.1) is 0 Å². The van der Waals surface area contributed by atoms with Crippen LogP contribution in [0.5, 0.6) is 0 Å². The fourth-order valence-corrected chi connectivity index (χ4v) is 3.19. The van der Waals surface area contributed by atoms with Crippen molar-refractivity contribution >= 4 is 34.7 Å². The quantitative estimate of drug-likeness (QED) is 0.561. The van der Waals surface area contributed by atoms with Gasteiger partial charge in [0.05, 0.1) is 0 Å². The molecule has 0 bridgehead atoms. The number of nitrogens with zero attached hydrogens (tertiary/aromatic N) is 3. The van der Waals surface area contributed by atoms with Gasteiger partial charge in [-0.05, 0) is 49.2 Å². The fourth-order valence-electron chi connectivity index (χ4n) is 3.19. The lowest BCUT2D eigenvalue weighted by Crippen LogP contribution is -2.18. The van der Waals surface area contributed by atoms with Crippen molar-refractivity contribution in [3.8, 4) is 0 Å². The minimum absolute atomic E-state index is 0.0521. The predicted molar refractivity (Wildman–Crippen MR) is 113 cm³/mol. The largest absolute Gasteiger partial charge is 0.340 e. The molecule has 0 radical (unpaired) electrons. The van der Waals surface area contributed by atoms with Gasteiger partial charge in [0.15, 0.2) is 0 Å². The van der Waals surface area contributed by atoms with Gasteiger partial charge >= 0.3 is 0 Å². The molecule has 3 aromatic rings. The molecule has 29 heavy (non-hydrogen) atoms. The summed E-state index contributed by atoms with van der Waals surface area (Å²) in [4.78, 5) is 23.9. The fraction of sp³-hybridized carbons (Fsp3) is 0.182. The number of fused-ring (bicyclic) bond motifs is 1. The Balaban J connectivity index is 1.54. The average Bonchev–Trinajstić information content (AvgIpc) is 2.71. The van der Waals surface area contributed by atoms with Crippen LogP contribution in [0.25, 0.3) is 4.85 Å². The number of hydrogen-bond donors (Lipinski definition) is 3. The smallest absolute Gasteiger partial charge is 0.239 e. The molecule has 0 saturated carbocycles. The number of aromatic nitrogens is 2. The van der Waals surface area contributed by atoms with Gasteiger partial charge < -0.3 is 20.8 Å². The van der Waals surface area contributed by atoms with Crippen LogP contribution in [0.3, 0.4) is 0 Å². The van der Waals surface area contributed by atoms with E-state index >= 15 is 0 Å². The monoisotopic (exact) mass is 384 g/mol. The normalized spacial score (nSPS) is 12.5. The Hall–Kier alpha value is -3.92. The zero-order chi connectivity index (χ0) is 20.2. The Labute approximate surface area is 169 Å². The number of anilines is 5. The Kier molecular flexibility index (Phi) is 5.08. The van der Waals surface area contributed by atoms with Gasteiger partial charge in [0.1, 0.15) is 5.82 Å². The molecular weight excluding hydrogens is 364 g/mol. The summed E-state index contributed by atoms with van der Waals surface area (Å²) >= 11 is 0. The highest BCUT2D eigenvalue weighted by Gasteiger charge is 2.15. The molecule has 1 aliphatic rings. The third-order valence-corrected chi connectivity index (χ3v) is 4.68. The van der Waals surface area contributed by atoms with Gasteiger partial charge in [-0.2, -0.15) is 4.98 Å². The molecule has 7 heteroatoms. The average molecular weight is 384 g/mol. The molecule has 144 valence electrons. The third kappa shape index (κ3) is 4.33. The highest BCUT2D eigenvalue weighted by Crippen LogP contribution is 2.27. The molecule has 4 rings (SSSR count). The molecule has 1 aliphatic heterocycles. The van der Waals surface area contributed by atoms with Crippen molar-refractivity contribution in [1.29, 1.82) is 0 Å². The van der Waals surface area contributed by atoms with Gasteiger partial charge in [-0.1, -0.05) is 12.1 Å². The number of rotatable bonds is 5. The number of hydrogen-bond acceptors (Lipinski definition) is 5. The zero-order valence-electron chi connectivity index (χ0n) is 16.0. The zero-order valence-corrected chi connectivity index (χ0v) is 16.0. The van der Waals surface area contributed by atoms with Gasteiger partial charge in [0.2, 0.25) is 18.4 Å². The Bertz CT molecular complexity index is 1120. The number of nitrogens with one attached hydrogen (secondary N) is 3. The Morgan fingerprint density at radius 3 is 2.86 bits per heavy atom. The molecular formula is C22H20N6O. The summed E-state index contributed by atoms with van der Waals surface area (Å²) in [5, 5.41) is 9.43. The van der Waals surface area contributed by atoms with Gasteiger partial charge in [0.25, 0.3) is 0 Å². The van der Waals surface area contributed by atoms with Gasteiger partial charge in [-0.25, -0.2) is 11.6 Å². The lowest BCUT2D eigenvalue weighted by molar-refractivity contribution is -0.116. The summed E-state index contributed by atoms with van der Waals surface area (Å²) in [5.74, 6) is 1.24. The first-order valence-corrected chi connectivity index (χ1v) is 9.33. The predicted octanol–water partition coefficient (Wildman–Crippen LogP) is 4.58. The van der Waals surface area contributed by atoms with Crippen molar-refractivity contribution < 1.29 is 4.79 Å². The van der Waals surface area contributed by atoms with Crippen LogP contribution in [0.2, 0.25) is 0 Å². The van der Waals surface area contributed by atoms with Crippen molar-refractivity contribution in [1.82, 2.24) is 9.97 Å². The van der Waals surface area contributed by atoms with Crippen LogP contribution < -0.4 is 16.0 Å². The number of carbonyl (C=O) groups excluding carboxylic acids is 1. The van der Waals surface area contributed by atoms with Crippen molar-refractivity contribution in [2.45, 2.75) is 26.3 Å². The van der Waals surface area contributed by atoms with E-state index in [4.69, 9.17) is 6.57 Å². The summed E-state index contributed by atoms with van der Waals surface area (Å²) < 4.78 is 0. The van der Waals surface area contributed by atoms with E-state index in [0.29, 0.717) is 24.7 Å². The van der Waals surface area contributed by atoms with Crippen LogP contribution in [-0.4, -0.2) is 15.9 Å². The molecule has 0 atom stereocenters. The second kappa shape index (κ2) is 7.98. The summed E-state index contributed by atoms with van der Waals surface area (Å²) in [6.07, 6.45) is 2.98. The maximum Gasteiger partial charge on any atom is 0.239 e. The van der Waals surface area contributed by atoms with Gasteiger partial charge in [-0.3, -0.25) is 4.79 Å². The molecule has 0 unspecified atom stereocenters. The number of carbonyl (C=O) groups is 1. The first-order valence-electron chi connectivity index (χ1n) is 9.33. The maximum atomic E-state index is 11.5. The van der Waals surface area contributed by atoms with E-state index in [0.717, 1.165) is 40.2 Å². The molecule has 3 N–H and O–H groups in total. The number of amides is 1. The van der Waals surface area contributed by atoms with E-state index in [2.05, 4.69) is 30.8 Å². The van der Waals surface area contributed by atoms with Crippen molar-refractivity contribution in [2.75, 3.05) is 16.0 Å². The lowest BCUT2D eigenvalue weighted by atomic mass is 10.0. The molecule has 2 heterocycles. The second-order valence-electron chi connectivity index (χ2n) is 6.91.